The van der Waals surface area contributed by atoms with Crippen molar-refractivity contribution in [1.29, 1.82) is 0 Å². The average molecular weight is 254 g/mol. The third-order valence-corrected chi connectivity index (χ3v) is 2.62. The van der Waals surface area contributed by atoms with Crippen molar-refractivity contribution in [2.45, 2.75) is 12.8 Å². The summed E-state index contributed by atoms with van der Waals surface area (Å²) in [5.74, 6) is -0.888. The van der Waals surface area contributed by atoms with Crippen LogP contribution in [0.15, 0.2) is 54.6 Å². The summed E-state index contributed by atoms with van der Waals surface area (Å²) in [5.41, 5.74) is 2.67. The van der Waals surface area contributed by atoms with Gasteiger partial charge in [-0.2, -0.15) is 0 Å². The van der Waals surface area contributed by atoms with Gasteiger partial charge in [-0.1, -0.05) is 42.5 Å². The topological polar surface area (TPSA) is 37.3 Å². The molecule has 0 fully saturated rings. The van der Waals surface area contributed by atoms with Crippen molar-refractivity contribution in [3.05, 3.63) is 85.1 Å². The van der Waals surface area contributed by atoms with Crippen LogP contribution in [0.25, 0.3) is 0 Å². The van der Waals surface area contributed by atoms with E-state index in [4.69, 9.17) is 5.11 Å². The Kier molecular flexibility index (Phi) is 6.37. The van der Waals surface area contributed by atoms with Gasteiger partial charge in [-0.3, -0.25) is 0 Å². The van der Waals surface area contributed by atoms with E-state index in [-0.39, 0.29) is 0 Å². The highest BCUT2D eigenvalue weighted by Crippen LogP contribution is 2.04. The van der Waals surface area contributed by atoms with E-state index >= 15 is 0 Å². The maximum atomic E-state index is 10.4. The van der Waals surface area contributed by atoms with Gasteiger partial charge in [-0.15, -0.1) is 0 Å². The highest BCUT2D eigenvalue weighted by Gasteiger charge is 1.99. The minimum atomic E-state index is -0.888. The Bertz CT molecular complexity index is 486. The maximum absolute atomic E-state index is 10.4. The second-order valence-corrected chi connectivity index (χ2v) is 3.99. The maximum Gasteiger partial charge on any atom is 0.335 e. The molecule has 2 aromatic carbocycles. The largest absolute Gasteiger partial charge is 0.478 e. The molecule has 2 nitrogen and oxygen atoms in total. The lowest BCUT2D eigenvalue weighted by Gasteiger charge is -1.96. The molecule has 0 amide bonds. The summed E-state index contributed by atoms with van der Waals surface area (Å²) in [5, 5.41) is 8.53. The number of benzene rings is 2. The quantitative estimate of drug-likeness (QED) is 0.904. The summed E-state index contributed by atoms with van der Waals surface area (Å²) in [6, 6.07) is 16.9. The van der Waals surface area contributed by atoms with E-state index in [1.807, 2.05) is 18.2 Å². The van der Waals surface area contributed by atoms with Crippen LogP contribution in [0, 0.1) is 13.8 Å². The third-order valence-electron chi connectivity index (χ3n) is 2.62. The zero-order valence-electron chi connectivity index (χ0n) is 10.9. The normalized spacial score (nSPS) is 9.37. The molecule has 0 aromatic heterocycles. The fourth-order valence-corrected chi connectivity index (χ4v) is 1.46. The SMILES string of the molecule is [CH2]Cc1ccc(C(=O)O)cc1.[CH2]Cc1ccccc1. The summed E-state index contributed by atoms with van der Waals surface area (Å²) in [7, 11) is 0. The van der Waals surface area contributed by atoms with E-state index in [0.29, 0.717) is 12.0 Å². The smallest absolute Gasteiger partial charge is 0.335 e. The fraction of sp³-hybridized carbons (Fsp3) is 0.118. The van der Waals surface area contributed by atoms with Crippen molar-refractivity contribution in [3.8, 4) is 0 Å². The Morgan fingerprint density at radius 3 is 1.68 bits per heavy atom. The second kappa shape index (κ2) is 8.09. The van der Waals surface area contributed by atoms with Crippen LogP contribution in [0.5, 0.6) is 0 Å². The first-order chi connectivity index (χ1) is 9.17. The number of aromatic carboxylic acids is 1. The molecule has 98 valence electrons. The van der Waals surface area contributed by atoms with Gasteiger partial charge in [0.05, 0.1) is 5.56 Å². The molecule has 2 rings (SSSR count). The van der Waals surface area contributed by atoms with Crippen LogP contribution in [0.2, 0.25) is 0 Å². The van der Waals surface area contributed by atoms with Gasteiger partial charge in [0.15, 0.2) is 0 Å². The lowest BCUT2D eigenvalue weighted by molar-refractivity contribution is 0.0697. The number of carboxylic acid groups (broad SMARTS) is 1. The molecule has 0 aliphatic heterocycles. The van der Waals surface area contributed by atoms with E-state index in [0.717, 1.165) is 12.0 Å². The second-order valence-electron chi connectivity index (χ2n) is 3.99. The molecule has 0 saturated heterocycles. The summed E-state index contributed by atoms with van der Waals surface area (Å²) < 4.78 is 0. The Balaban J connectivity index is 0.000000200. The van der Waals surface area contributed by atoms with E-state index < -0.39 is 5.97 Å². The molecule has 1 N–H and O–H groups in total. The highest BCUT2D eigenvalue weighted by molar-refractivity contribution is 5.87. The zero-order valence-corrected chi connectivity index (χ0v) is 10.9. The van der Waals surface area contributed by atoms with Gasteiger partial charge in [0.1, 0.15) is 0 Å². The average Bonchev–Trinajstić information content (AvgIpc) is 2.48. The van der Waals surface area contributed by atoms with Crippen molar-refractivity contribution in [3.63, 3.8) is 0 Å². The Morgan fingerprint density at radius 1 is 0.842 bits per heavy atom. The summed E-state index contributed by atoms with van der Waals surface area (Å²) in [6.45, 7) is 7.44. The predicted molar refractivity (Wildman–Crippen MR) is 78.0 cm³/mol. The van der Waals surface area contributed by atoms with Crippen molar-refractivity contribution in [2.75, 3.05) is 0 Å². The molecule has 0 spiro atoms. The molecule has 0 aliphatic carbocycles. The van der Waals surface area contributed by atoms with Gasteiger partial charge in [-0.05, 0) is 49.9 Å². The van der Waals surface area contributed by atoms with Crippen LogP contribution in [0.4, 0.5) is 0 Å². The number of rotatable bonds is 3. The summed E-state index contributed by atoms with van der Waals surface area (Å²) >= 11 is 0. The van der Waals surface area contributed by atoms with Crippen LogP contribution in [-0.4, -0.2) is 11.1 Å². The van der Waals surface area contributed by atoms with Crippen LogP contribution >= 0.6 is 0 Å². The summed E-state index contributed by atoms with van der Waals surface area (Å²) in [4.78, 5) is 10.4. The van der Waals surface area contributed by atoms with Gasteiger partial charge < -0.3 is 5.11 Å². The molecule has 0 bridgehead atoms. The number of hydrogen-bond acceptors (Lipinski definition) is 1. The van der Waals surface area contributed by atoms with Gasteiger partial charge in [0, 0.05) is 0 Å². The molecule has 0 heterocycles. The number of hydrogen-bond donors (Lipinski definition) is 1. The van der Waals surface area contributed by atoms with Gasteiger partial charge in [-0.25, -0.2) is 4.79 Å². The van der Waals surface area contributed by atoms with E-state index in [2.05, 4.69) is 26.0 Å². The van der Waals surface area contributed by atoms with E-state index in [9.17, 15) is 4.79 Å². The number of carbonyl (C=O) groups is 1. The number of carboxylic acids is 1. The molecule has 2 aromatic rings. The van der Waals surface area contributed by atoms with Crippen LogP contribution in [0.1, 0.15) is 21.5 Å². The molecule has 0 aliphatic rings. The van der Waals surface area contributed by atoms with E-state index in [1.54, 1.807) is 24.3 Å². The predicted octanol–water partition coefficient (Wildman–Crippen LogP) is 3.82. The molecular formula is C17H18O2. The Labute approximate surface area is 114 Å². The first kappa shape index (κ1) is 15.0. The molecule has 0 saturated carbocycles. The molecule has 19 heavy (non-hydrogen) atoms. The lowest BCUT2D eigenvalue weighted by atomic mass is 10.1. The molecule has 0 unspecified atom stereocenters. The first-order valence-corrected chi connectivity index (χ1v) is 6.12. The minimum absolute atomic E-state index is 0.321. The van der Waals surface area contributed by atoms with E-state index in [1.165, 1.54) is 5.56 Å². The van der Waals surface area contributed by atoms with Crippen molar-refractivity contribution in [1.82, 2.24) is 0 Å². The Hall–Kier alpha value is -2.09. The Morgan fingerprint density at radius 2 is 1.32 bits per heavy atom. The van der Waals surface area contributed by atoms with Crippen LogP contribution < -0.4 is 0 Å². The van der Waals surface area contributed by atoms with Gasteiger partial charge in [0.25, 0.3) is 0 Å². The standard InChI is InChI=1S/C9H9O2.C8H9/c1-2-7-3-5-8(6-4-7)9(10)11;1-2-8-6-4-3-5-7-8/h3-6H,1-2H2,(H,10,11);3-7H,1-2H2. The monoisotopic (exact) mass is 254 g/mol. The molecular weight excluding hydrogens is 236 g/mol. The third kappa shape index (κ3) is 5.38. The molecule has 2 heteroatoms. The minimum Gasteiger partial charge on any atom is -0.478 e. The van der Waals surface area contributed by atoms with Crippen LogP contribution in [0.3, 0.4) is 0 Å². The van der Waals surface area contributed by atoms with Gasteiger partial charge >= 0.3 is 5.97 Å². The van der Waals surface area contributed by atoms with Crippen molar-refractivity contribution < 1.29 is 9.90 Å². The van der Waals surface area contributed by atoms with Crippen LogP contribution in [-0.2, 0) is 12.8 Å². The fourth-order valence-electron chi connectivity index (χ4n) is 1.46. The van der Waals surface area contributed by atoms with Crippen molar-refractivity contribution in [2.24, 2.45) is 0 Å². The lowest BCUT2D eigenvalue weighted by Crippen LogP contribution is -1.95. The van der Waals surface area contributed by atoms with Gasteiger partial charge in [0.2, 0.25) is 0 Å². The molecule has 0 atom stereocenters. The summed E-state index contributed by atoms with van der Waals surface area (Å²) in [6.07, 6.45) is 1.58. The first-order valence-electron chi connectivity index (χ1n) is 6.12. The molecule has 2 radical (unpaired) electrons. The zero-order chi connectivity index (χ0) is 14.1. The highest BCUT2D eigenvalue weighted by atomic mass is 16.4. The van der Waals surface area contributed by atoms with Crippen molar-refractivity contribution >= 4 is 5.97 Å².